The summed E-state index contributed by atoms with van der Waals surface area (Å²) in [7, 11) is -4.12. The molecule has 0 saturated heterocycles. The zero-order chi connectivity index (χ0) is 10.9. The molecule has 78 valence electrons. The molecule has 1 rings (SSSR count). The first kappa shape index (κ1) is 11.4. The van der Waals surface area contributed by atoms with E-state index in [9.17, 15) is 4.57 Å². The highest BCUT2D eigenvalue weighted by atomic mass is 31.2. The minimum absolute atomic E-state index is 0.142. The van der Waals surface area contributed by atoms with Crippen molar-refractivity contribution in [3.63, 3.8) is 0 Å². The summed E-state index contributed by atoms with van der Waals surface area (Å²) >= 11 is 0. The molecule has 14 heavy (non-hydrogen) atoms. The lowest BCUT2D eigenvalue weighted by Crippen LogP contribution is -2.09. The number of hydrogen-bond donors (Lipinski definition) is 2. The van der Waals surface area contributed by atoms with Gasteiger partial charge in [-0.05, 0) is 30.0 Å². The molecule has 0 atom stereocenters. The minimum Gasteiger partial charge on any atom is -0.321 e. The molecule has 0 unspecified atom stereocenters. The van der Waals surface area contributed by atoms with Crippen molar-refractivity contribution in [3.05, 3.63) is 29.3 Å². The first-order valence-electron chi connectivity index (χ1n) is 4.49. The highest BCUT2D eigenvalue weighted by Crippen LogP contribution is 2.35. The van der Waals surface area contributed by atoms with Gasteiger partial charge in [-0.3, -0.25) is 4.57 Å². The van der Waals surface area contributed by atoms with Gasteiger partial charge in [-0.1, -0.05) is 26.0 Å². The maximum Gasteiger partial charge on any atom is 0.356 e. The predicted molar refractivity (Wildman–Crippen MR) is 56.9 cm³/mol. The van der Waals surface area contributed by atoms with Crippen molar-refractivity contribution in [1.29, 1.82) is 0 Å². The molecule has 0 amide bonds. The van der Waals surface area contributed by atoms with Crippen LogP contribution < -0.4 is 5.30 Å². The van der Waals surface area contributed by atoms with Gasteiger partial charge in [0.2, 0.25) is 0 Å². The largest absolute Gasteiger partial charge is 0.356 e. The van der Waals surface area contributed by atoms with Crippen LogP contribution in [-0.4, -0.2) is 9.79 Å². The fourth-order valence-electron chi connectivity index (χ4n) is 1.30. The molecule has 2 N–H and O–H groups in total. The number of aryl methyl sites for hydroxylation is 1. The lowest BCUT2D eigenvalue weighted by molar-refractivity contribution is 0.387. The molecule has 0 spiro atoms. The zero-order valence-electron chi connectivity index (χ0n) is 8.56. The van der Waals surface area contributed by atoms with Gasteiger partial charge < -0.3 is 9.79 Å². The topological polar surface area (TPSA) is 57.5 Å². The van der Waals surface area contributed by atoms with Gasteiger partial charge >= 0.3 is 7.60 Å². The van der Waals surface area contributed by atoms with Crippen molar-refractivity contribution in [1.82, 2.24) is 0 Å². The fourth-order valence-corrected chi connectivity index (χ4v) is 2.15. The van der Waals surface area contributed by atoms with E-state index in [0.29, 0.717) is 5.56 Å². The highest BCUT2D eigenvalue weighted by molar-refractivity contribution is 7.60. The summed E-state index contributed by atoms with van der Waals surface area (Å²) in [5, 5.41) is 0.142. The van der Waals surface area contributed by atoms with Crippen molar-refractivity contribution in [2.75, 3.05) is 0 Å². The summed E-state index contributed by atoms with van der Waals surface area (Å²) in [6.45, 7) is 5.70. The molecule has 0 fully saturated rings. The summed E-state index contributed by atoms with van der Waals surface area (Å²) in [6.07, 6.45) is 0. The molecular weight excluding hydrogens is 199 g/mol. The Morgan fingerprint density at radius 3 is 2.29 bits per heavy atom. The van der Waals surface area contributed by atoms with E-state index in [1.54, 1.807) is 19.1 Å². The van der Waals surface area contributed by atoms with Crippen LogP contribution in [0.25, 0.3) is 0 Å². The van der Waals surface area contributed by atoms with E-state index < -0.39 is 7.60 Å². The fraction of sp³-hybridized carbons (Fsp3) is 0.400. The van der Waals surface area contributed by atoms with Gasteiger partial charge in [0.15, 0.2) is 0 Å². The average Bonchev–Trinajstić information content (AvgIpc) is 2.02. The predicted octanol–water partition coefficient (Wildman–Crippen LogP) is 1.92. The van der Waals surface area contributed by atoms with E-state index in [2.05, 4.69) is 0 Å². The van der Waals surface area contributed by atoms with Crippen LogP contribution in [0.1, 0.15) is 30.9 Å². The van der Waals surface area contributed by atoms with E-state index in [-0.39, 0.29) is 11.2 Å². The Morgan fingerprint density at radius 2 is 1.86 bits per heavy atom. The Hall–Kier alpha value is -0.630. The molecule has 0 saturated carbocycles. The van der Waals surface area contributed by atoms with Gasteiger partial charge in [-0.2, -0.15) is 0 Å². The quantitative estimate of drug-likeness (QED) is 0.739. The van der Waals surface area contributed by atoms with Crippen LogP contribution in [0.15, 0.2) is 18.2 Å². The Balaban J connectivity index is 3.29. The van der Waals surface area contributed by atoms with E-state index in [4.69, 9.17) is 9.79 Å². The molecule has 0 aliphatic heterocycles. The van der Waals surface area contributed by atoms with Crippen molar-refractivity contribution in [2.45, 2.75) is 26.7 Å². The molecule has 0 aliphatic carbocycles. The summed E-state index contributed by atoms with van der Waals surface area (Å²) in [5.41, 5.74) is 1.59. The van der Waals surface area contributed by atoms with Crippen LogP contribution >= 0.6 is 7.60 Å². The standard InChI is InChI=1S/C10H15O3P/c1-7(2)9-5-4-8(3)10(6-9)14(11,12)13/h4-7H,1-3H3,(H2,11,12,13). The molecule has 3 nitrogen and oxygen atoms in total. The van der Waals surface area contributed by atoms with Crippen molar-refractivity contribution in [2.24, 2.45) is 0 Å². The maximum absolute atomic E-state index is 11.1. The van der Waals surface area contributed by atoms with Gasteiger partial charge in [-0.15, -0.1) is 0 Å². The van der Waals surface area contributed by atoms with Crippen molar-refractivity contribution in [3.8, 4) is 0 Å². The smallest absolute Gasteiger partial charge is 0.321 e. The second kappa shape index (κ2) is 3.85. The first-order valence-corrected chi connectivity index (χ1v) is 6.10. The third kappa shape index (κ3) is 2.44. The number of rotatable bonds is 2. The van der Waals surface area contributed by atoms with E-state index >= 15 is 0 Å². The Bertz CT molecular complexity index is 379. The van der Waals surface area contributed by atoms with Crippen LogP contribution in [0.5, 0.6) is 0 Å². The maximum atomic E-state index is 11.1. The first-order chi connectivity index (χ1) is 6.32. The van der Waals surface area contributed by atoms with Gasteiger partial charge in [-0.25, -0.2) is 0 Å². The summed E-state index contributed by atoms with van der Waals surface area (Å²) < 4.78 is 11.1. The summed E-state index contributed by atoms with van der Waals surface area (Å²) in [6, 6.07) is 5.25. The summed E-state index contributed by atoms with van der Waals surface area (Å²) in [5.74, 6) is 0.279. The van der Waals surface area contributed by atoms with Gasteiger partial charge in [0, 0.05) is 0 Å². The SMILES string of the molecule is Cc1ccc(C(C)C)cc1P(=O)(O)O. The molecular formula is C10H15O3P. The van der Waals surface area contributed by atoms with Crippen LogP contribution in [0.3, 0.4) is 0 Å². The Morgan fingerprint density at radius 1 is 1.29 bits per heavy atom. The van der Waals surface area contributed by atoms with Gasteiger partial charge in [0.05, 0.1) is 5.30 Å². The van der Waals surface area contributed by atoms with E-state index in [1.165, 1.54) is 0 Å². The minimum atomic E-state index is -4.12. The molecule has 0 bridgehead atoms. The Kier molecular flexibility index (Phi) is 3.15. The molecule has 0 radical (unpaired) electrons. The third-order valence-corrected chi connectivity index (χ3v) is 3.32. The van der Waals surface area contributed by atoms with Gasteiger partial charge in [0.1, 0.15) is 0 Å². The number of hydrogen-bond acceptors (Lipinski definition) is 1. The molecule has 4 heteroatoms. The van der Waals surface area contributed by atoms with E-state index in [0.717, 1.165) is 5.56 Å². The zero-order valence-corrected chi connectivity index (χ0v) is 9.45. The molecule has 0 aliphatic rings. The second-order valence-electron chi connectivity index (χ2n) is 3.74. The molecule has 1 aromatic carbocycles. The van der Waals surface area contributed by atoms with Crippen LogP contribution in [-0.2, 0) is 4.57 Å². The van der Waals surface area contributed by atoms with Gasteiger partial charge in [0.25, 0.3) is 0 Å². The van der Waals surface area contributed by atoms with Crippen molar-refractivity contribution < 1.29 is 14.4 Å². The lowest BCUT2D eigenvalue weighted by atomic mass is 10.0. The van der Waals surface area contributed by atoms with Crippen LogP contribution in [0.2, 0.25) is 0 Å². The normalized spacial score (nSPS) is 12.1. The lowest BCUT2D eigenvalue weighted by Gasteiger charge is -2.11. The molecule has 1 aromatic rings. The van der Waals surface area contributed by atoms with E-state index in [1.807, 2.05) is 19.9 Å². The molecule has 0 aromatic heterocycles. The van der Waals surface area contributed by atoms with Crippen LogP contribution in [0.4, 0.5) is 0 Å². The third-order valence-electron chi connectivity index (χ3n) is 2.21. The average molecular weight is 214 g/mol. The Labute approximate surface area is 83.9 Å². The number of benzene rings is 1. The monoisotopic (exact) mass is 214 g/mol. The highest BCUT2D eigenvalue weighted by Gasteiger charge is 2.20. The van der Waals surface area contributed by atoms with Crippen molar-refractivity contribution >= 4 is 12.9 Å². The second-order valence-corrected chi connectivity index (χ2v) is 5.31. The molecule has 0 heterocycles. The summed E-state index contributed by atoms with van der Waals surface area (Å²) in [4.78, 5) is 18.2. The van der Waals surface area contributed by atoms with Crippen LogP contribution in [0, 0.1) is 6.92 Å².